The van der Waals surface area contributed by atoms with Crippen LogP contribution in [0.25, 0.3) is 11.1 Å². The summed E-state index contributed by atoms with van der Waals surface area (Å²) in [6.07, 6.45) is 2.09. The molecule has 126 valence electrons. The number of thiophene rings is 1. The lowest BCUT2D eigenvalue weighted by Gasteiger charge is -2.32. The minimum absolute atomic E-state index is 0.0272. The molecule has 1 amide bonds. The van der Waals surface area contributed by atoms with E-state index in [4.69, 9.17) is 10.5 Å². The molecule has 0 unspecified atom stereocenters. The number of hydrogen-bond donors (Lipinski definition) is 1. The predicted molar refractivity (Wildman–Crippen MR) is 103 cm³/mol. The molecular weight excluding hydrogens is 439 g/mol. The summed E-state index contributed by atoms with van der Waals surface area (Å²) in [6, 6.07) is 4.08. The third-order valence-corrected chi connectivity index (χ3v) is 6.00. The Morgan fingerprint density at radius 1 is 1.42 bits per heavy atom. The predicted octanol–water partition coefficient (Wildman–Crippen LogP) is 2.82. The van der Waals surface area contributed by atoms with Crippen LogP contribution in [0.15, 0.2) is 28.7 Å². The van der Waals surface area contributed by atoms with Crippen molar-refractivity contribution in [3.63, 3.8) is 0 Å². The topological polar surface area (TPSA) is 80.8 Å². The van der Waals surface area contributed by atoms with Gasteiger partial charge in [0.05, 0.1) is 17.1 Å². The van der Waals surface area contributed by atoms with E-state index in [1.807, 2.05) is 13.0 Å². The number of ether oxygens (including phenoxy) is 1. The molecule has 0 spiro atoms. The first-order valence-electron chi connectivity index (χ1n) is 7.25. The van der Waals surface area contributed by atoms with Crippen molar-refractivity contribution in [3.8, 4) is 17.0 Å². The number of amides is 1. The molecule has 0 aliphatic carbocycles. The second-order valence-corrected chi connectivity index (χ2v) is 7.86. The third-order valence-electron chi connectivity index (χ3n) is 4.04. The van der Waals surface area contributed by atoms with Gasteiger partial charge in [0, 0.05) is 23.7 Å². The first-order valence-corrected chi connectivity index (χ1v) is 9.20. The molecule has 0 radical (unpaired) electrons. The number of carbonyl (C=O) groups excluding carboxylic acids is 1. The number of nitrogens with zero attached hydrogens (tertiary/aromatic N) is 3. The molecule has 2 aromatic heterocycles. The number of aliphatic imine (C=N–C) groups is 1. The maximum absolute atomic E-state index is 12.1. The van der Waals surface area contributed by atoms with Crippen molar-refractivity contribution in [1.82, 2.24) is 9.88 Å². The van der Waals surface area contributed by atoms with E-state index in [-0.39, 0.29) is 11.9 Å². The fourth-order valence-corrected chi connectivity index (χ4v) is 4.27. The van der Waals surface area contributed by atoms with E-state index in [0.29, 0.717) is 12.3 Å². The lowest BCUT2D eigenvalue weighted by Crippen LogP contribution is -2.47. The van der Waals surface area contributed by atoms with E-state index < -0.39 is 5.54 Å². The van der Waals surface area contributed by atoms with Gasteiger partial charge >= 0.3 is 0 Å². The van der Waals surface area contributed by atoms with Crippen molar-refractivity contribution in [2.45, 2.75) is 18.9 Å². The summed E-state index contributed by atoms with van der Waals surface area (Å²) in [5.41, 5.74) is 7.31. The molecule has 0 bridgehead atoms. The van der Waals surface area contributed by atoms with Crippen molar-refractivity contribution in [2.75, 3.05) is 14.2 Å². The van der Waals surface area contributed by atoms with Crippen LogP contribution >= 0.6 is 33.9 Å². The number of nitrogens with two attached hydrogens (primary N) is 1. The maximum atomic E-state index is 12.1. The molecule has 2 N–H and O–H groups in total. The number of aromatic nitrogens is 1. The molecule has 8 heteroatoms. The number of pyridine rings is 1. The van der Waals surface area contributed by atoms with Crippen LogP contribution in [0, 0.1) is 3.57 Å². The summed E-state index contributed by atoms with van der Waals surface area (Å²) in [5, 5.41) is 2.05. The van der Waals surface area contributed by atoms with Gasteiger partial charge in [0.15, 0.2) is 5.96 Å². The van der Waals surface area contributed by atoms with Gasteiger partial charge in [-0.05, 0) is 52.6 Å². The molecule has 0 saturated heterocycles. The first kappa shape index (κ1) is 17.2. The Balaban J connectivity index is 1.96. The van der Waals surface area contributed by atoms with E-state index in [1.54, 1.807) is 31.7 Å². The van der Waals surface area contributed by atoms with Crippen LogP contribution in [0.4, 0.5) is 0 Å². The molecule has 0 saturated carbocycles. The van der Waals surface area contributed by atoms with Crippen molar-refractivity contribution in [2.24, 2.45) is 10.7 Å². The SMILES string of the molecule is COc1ncc(-c2csc([C@]3(C)CC(=O)N(C)C(N)=N3)c2)cc1I. The molecule has 6 nitrogen and oxygen atoms in total. The minimum atomic E-state index is -0.621. The van der Waals surface area contributed by atoms with Gasteiger partial charge in [-0.1, -0.05) is 0 Å². The van der Waals surface area contributed by atoms with Crippen molar-refractivity contribution in [1.29, 1.82) is 0 Å². The van der Waals surface area contributed by atoms with Crippen LogP contribution in [0.5, 0.6) is 5.88 Å². The van der Waals surface area contributed by atoms with E-state index in [0.717, 1.165) is 19.6 Å². The van der Waals surface area contributed by atoms with Gasteiger partial charge in [0.1, 0.15) is 5.54 Å². The molecular formula is C16H17IN4O2S. The van der Waals surface area contributed by atoms with Gasteiger partial charge in [-0.25, -0.2) is 9.98 Å². The van der Waals surface area contributed by atoms with Crippen LogP contribution in [-0.2, 0) is 10.3 Å². The largest absolute Gasteiger partial charge is 0.480 e. The number of rotatable bonds is 3. The average molecular weight is 456 g/mol. The van der Waals surface area contributed by atoms with Gasteiger partial charge in [0.2, 0.25) is 11.8 Å². The van der Waals surface area contributed by atoms with Crippen molar-refractivity contribution >= 4 is 45.8 Å². The van der Waals surface area contributed by atoms with Gasteiger partial charge in [0.25, 0.3) is 0 Å². The van der Waals surface area contributed by atoms with Crippen LogP contribution in [0.2, 0.25) is 0 Å². The third kappa shape index (κ3) is 3.00. The summed E-state index contributed by atoms with van der Waals surface area (Å²) in [7, 11) is 3.25. The zero-order valence-corrected chi connectivity index (χ0v) is 16.5. The highest BCUT2D eigenvalue weighted by Gasteiger charge is 2.37. The second kappa shape index (κ2) is 6.32. The Bertz CT molecular complexity index is 835. The fraction of sp³-hybridized carbons (Fsp3) is 0.312. The molecule has 1 aliphatic rings. The Hall–Kier alpha value is -1.68. The highest BCUT2D eigenvalue weighted by Crippen LogP contribution is 2.39. The van der Waals surface area contributed by atoms with Gasteiger partial charge < -0.3 is 10.5 Å². The Morgan fingerprint density at radius 3 is 2.79 bits per heavy atom. The molecule has 1 aliphatic heterocycles. The van der Waals surface area contributed by atoms with Gasteiger partial charge in [-0.15, -0.1) is 11.3 Å². The standard InChI is InChI=1S/C16H17IN4O2S/c1-16(6-13(22)21(2)15(18)20-16)12-5-10(8-24-12)9-4-11(17)14(23-3)19-7-9/h4-5,7-8H,6H2,1-3H3,(H2,18,20)/t16-/m0/s1. The quantitative estimate of drug-likeness (QED) is 0.721. The maximum Gasteiger partial charge on any atom is 0.231 e. The molecule has 3 rings (SSSR count). The van der Waals surface area contributed by atoms with E-state index >= 15 is 0 Å². The summed E-state index contributed by atoms with van der Waals surface area (Å²) < 4.78 is 6.14. The number of methoxy groups -OCH3 is 1. The highest BCUT2D eigenvalue weighted by atomic mass is 127. The molecule has 24 heavy (non-hydrogen) atoms. The fourth-order valence-electron chi connectivity index (χ4n) is 2.55. The van der Waals surface area contributed by atoms with Gasteiger partial charge in [-0.2, -0.15) is 0 Å². The lowest BCUT2D eigenvalue weighted by atomic mass is 9.93. The summed E-state index contributed by atoms with van der Waals surface area (Å²) in [5.74, 6) is 0.838. The molecule has 0 fully saturated rings. The number of hydrogen-bond acceptors (Lipinski definition) is 6. The second-order valence-electron chi connectivity index (χ2n) is 5.79. The van der Waals surface area contributed by atoms with Crippen LogP contribution in [-0.4, -0.2) is 35.9 Å². The first-order chi connectivity index (χ1) is 11.3. The number of halogens is 1. The average Bonchev–Trinajstić information content (AvgIpc) is 3.03. The summed E-state index contributed by atoms with van der Waals surface area (Å²) in [4.78, 5) is 23.4. The molecule has 3 heterocycles. The normalized spacial score (nSPS) is 20.9. The Kier molecular flexibility index (Phi) is 4.52. The van der Waals surface area contributed by atoms with E-state index in [1.165, 1.54) is 4.90 Å². The zero-order valence-electron chi connectivity index (χ0n) is 13.5. The van der Waals surface area contributed by atoms with E-state index in [2.05, 4.69) is 44.0 Å². The minimum Gasteiger partial charge on any atom is -0.480 e. The van der Waals surface area contributed by atoms with Crippen molar-refractivity contribution < 1.29 is 9.53 Å². The number of carbonyl (C=O) groups is 1. The summed E-state index contributed by atoms with van der Waals surface area (Å²) >= 11 is 3.78. The highest BCUT2D eigenvalue weighted by molar-refractivity contribution is 14.1. The van der Waals surface area contributed by atoms with E-state index in [9.17, 15) is 4.79 Å². The lowest BCUT2D eigenvalue weighted by molar-refractivity contribution is -0.128. The zero-order chi connectivity index (χ0) is 17.5. The Morgan fingerprint density at radius 2 is 2.17 bits per heavy atom. The van der Waals surface area contributed by atoms with Crippen LogP contribution < -0.4 is 10.5 Å². The molecule has 0 aromatic carbocycles. The molecule has 1 atom stereocenters. The smallest absolute Gasteiger partial charge is 0.231 e. The van der Waals surface area contributed by atoms with Crippen LogP contribution in [0.1, 0.15) is 18.2 Å². The van der Waals surface area contributed by atoms with Crippen molar-refractivity contribution in [3.05, 3.63) is 32.2 Å². The summed E-state index contributed by atoms with van der Waals surface area (Å²) in [6.45, 7) is 1.94. The molecule has 2 aromatic rings. The monoisotopic (exact) mass is 456 g/mol. The Labute approximate surface area is 157 Å². The van der Waals surface area contributed by atoms with Crippen LogP contribution in [0.3, 0.4) is 0 Å². The van der Waals surface area contributed by atoms with Gasteiger partial charge in [-0.3, -0.25) is 9.69 Å². The number of guanidine groups is 1.